The van der Waals surface area contributed by atoms with Gasteiger partial charge in [-0.15, -0.1) is 0 Å². The van der Waals surface area contributed by atoms with Gasteiger partial charge in [0, 0.05) is 24.4 Å². The molecule has 1 heterocycles. The highest BCUT2D eigenvalue weighted by Gasteiger charge is 2.15. The molecule has 2 unspecified atom stereocenters. The summed E-state index contributed by atoms with van der Waals surface area (Å²) in [4.78, 5) is 9.04. The summed E-state index contributed by atoms with van der Waals surface area (Å²) in [7, 11) is 0. The molecule has 0 fully saturated rings. The zero-order valence-corrected chi connectivity index (χ0v) is 22.0. The third-order valence-corrected chi connectivity index (χ3v) is 6.45. The van der Waals surface area contributed by atoms with E-state index in [0.29, 0.717) is 18.0 Å². The highest BCUT2D eigenvalue weighted by atomic mass is 19.1. The maximum atomic E-state index is 14.0. The summed E-state index contributed by atoms with van der Waals surface area (Å²) in [6.45, 7) is 4.14. The fourth-order valence-electron chi connectivity index (χ4n) is 4.23. The molecular weight excluding hydrogens is 442 g/mol. The Morgan fingerprint density at radius 3 is 1.89 bits per heavy atom. The van der Waals surface area contributed by atoms with E-state index in [4.69, 9.17) is 4.74 Å². The van der Waals surface area contributed by atoms with Crippen LogP contribution >= 0.6 is 0 Å². The van der Waals surface area contributed by atoms with Gasteiger partial charge in [0.1, 0.15) is 24.7 Å². The Labute approximate surface area is 212 Å². The molecule has 0 N–H and O–H groups in total. The van der Waals surface area contributed by atoms with Crippen LogP contribution in [0, 0.1) is 0 Å². The fourth-order valence-corrected chi connectivity index (χ4v) is 4.23. The molecule has 3 nitrogen and oxygen atoms in total. The summed E-state index contributed by atoms with van der Waals surface area (Å²) >= 11 is 0. The predicted octanol–water partition coefficient (Wildman–Crippen LogP) is 9.24. The minimum Gasteiger partial charge on any atom is -0.491 e. The molecular formula is C30H46F2N2O. The fraction of sp³-hybridized carbons (Fsp3) is 0.667. The first-order valence-electron chi connectivity index (χ1n) is 13.9. The lowest BCUT2D eigenvalue weighted by Crippen LogP contribution is -2.18. The Morgan fingerprint density at radius 2 is 1.29 bits per heavy atom. The summed E-state index contributed by atoms with van der Waals surface area (Å²) in [5.74, 6) is 1.24. The van der Waals surface area contributed by atoms with Crippen molar-refractivity contribution >= 4 is 0 Å². The lowest BCUT2D eigenvalue weighted by Gasteiger charge is -2.13. The lowest BCUT2D eigenvalue weighted by molar-refractivity contribution is 0.146. The van der Waals surface area contributed by atoms with E-state index in [2.05, 4.69) is 16.9 Å². The highest BCUT2D eigenvalue weighted by molar-refractivity contribution is 5.55. The Kier molecular flexibility index (Phi) is 15.2. The van der Waals surface area contributed by atoms with E-state index in [1.807, 2.05) is 31.5 Å². The molecule has 0 aliphatic carbocycles. The van der Waals surface area contributed by atoms with Gasteiger partial charge >= 0.3 is 0 Å². The van der Waals surface area contributed by atoms with Gasteiger partial charge in [0.15, 0.2) is 5.82 Å². The SMILES string of the molecule is CCCCCCCCCCCCc1cnc(-c2ccc(OCC(F)CC(F)CCCC)cc2)nc1. The topological polar surface area (TPSA) is 35.0 Å². The summed E-state index contributed by atoms with van der Waals surface area (Å²) in [5.41, 5.74) is 2.07. The molecule has 0 amide bonds. The first kappa shape index (κ1) is 29.2. The number of unbranched alkanes of at least 4 members (excludes halogenated alkanes) is 10. The summed E-state index contributed by atoms with van der Waals surface area (Å²) in [5, 5.41) is 0. The normalized spacial score (nSPS) is 13.0. The molecule has 2 rings (SSSR count). The van der Waals surface area contributed by atoms with E-state index in [1.165, 1.54) is 69.8 Å². The van der Waals surface area contributed by atoms with Gasteiger partial charge in [-0.3, -0.25) is 0 Å². The van der Waals surface area contributed by atoms with Crippen LogP contribution in [0.4, 0.5) is 8.78 Å². The van der Waals surface area contributed by atoms with Crippen molar-refractivity contribution < 1.29 is 13.5 Å². The average molecular weight is 489 g/mol. The van der Waals surface area contributed by atoms with Crippen LogP contribution in [0.15, 0.2) is 36.7 Å². The number of rotatable bonds is 20. The van der Waals surface area contributed by atoms with E-state index < -0.39 is 12.3 Å². The molecule has 2 atom stereocenters. The molecule has 0 saturated heterocycles. The van der Waals surface area contributed by atoms with Crippen molar-refractivity contribution in [1.29, 1.82) is 0 Å². The van der Waals surface area contributed by atoms with Crippen LogP contribution in [0.2, 0.25) is 0 Å². The monoisotopic (exact) mass is 488 g/mol. The number of ether oxygens (including phenoxy) is 1. The Bertz CT molecular complexity index is 767. The molecule has 35 heavy (non-hydrogen) atoms. The second-order valence-electron chi connectivity index (χ2n) is 9.75. The lowest BCUT2D eigenvalue weighted by atomic mass is 10.0. The van der Waals surface area contributed by atoms with Crippen LogP contribution < -0.4 is 4.74 Å². The van der Waals surface area contributed by atoms with Crippen LogP contribution in [-0.2, 0) is 6.42 Å². The smallest absolute Gasteiger partial charge is 0.159 e. The minimum absolute atomic E-state index is 0.0998. The van der Waals surface area contributed by atoms with Gasteiger partial charge in [0.2, 0.25) is 0 Å². The number of alkyl halides is 2. The first-order chi connectivity index (χ1) is 17.1. The summed E-state index contributed by atoms with van der Waals surface area (Å²) < 4.78 is 33.2. The number of nitrogens with zero attached hydrogens (tertiary/aromatic N) is 2. The number of hydrogen-bond donors (Lipinski definition) is 0. The van der Waals surface area contributed by atoms with E-state index in [0.717, 1.165) is 24.8 Å². The Morgan fingerprint density at radius 1 is 0.714 bits per heavy atom. The van der Waals surface area contributed by atoms with Gasteiger partial charge in [0.25, 0.3) is 0 Å². The predicted molar refractivity (Wildman–Crippen MR) is 142 cm³/mol. The number of aromatic nitrogens is 2. The van der Waals surface area contributed by atoms with Gasteiger partial charge < -0.3 is 4.74 Å². The minimum atomic E-state index is -1.30. The second kappa shape index (κ2) is 18.3. The molecule has 0 bridgehead atoms. The van der Waals surface area contributed by atoms with Gasteiger partial charge in [0.05, 0.1) is 0 Å². The molecule has 5 heteroatoms. The first-order valence-corrected chi connectivity index (χ1v) is 13.9. The van der Waals surface area contributed by atoms with Crippen LogP contribution in [-0.4, -0.2) is 28.9 Å². The Balaban J connectivity index is 1.64. The van der Waals surface area contributed by atoms with E-state index >= 15 is 0 Å². The van der Waals surface area contributed by atoms with Crippen LogP contribution in [0.5, 0.6) is 5.75 Å². The van der Waals surface area contributed by atoms with E-state index in [-0.39, 0.29) is 13.0 Å². The van der Waals surface area contributed by atoms with Crippen molar-refractivity contribution in [3.05, 3.63) is 42.2 Å². The number of halogens is 2. The van der Waals surface area contributed by atoms with Crippen LogP contribution in [0.3, 0.4) is 0 Å². The average Bonchev–Trinajstić information content (AvgIpc) is 2.88. The summed E-state index contributed by atoms with van der Waals surface area (Å²) in [6.07, 6.45) is 17.8. The van der Waals surface area contributed by atoms with Crippen molar-refractivity contribution in [2.45, 2.75) is 123 Å². The Hall–Kier alpha value is -2.04. The zero-order valence-electron chi connectivity index (χ0n) is 22.0. The van der Waals surface area contributed by atoms with Gasteiger partial charge in [-0.25, -0.2) is 18.7 Å². The van der Waals surface area contributed by atoms with Crippen molar-refractivity contribution in [1.82, 2.24) is 9.97 Å². The number of benzene rings is 1. The molecule has 0 saturated carbocycles. The third-order valence-electron chi connectivity index (χ3n) is 6.45. The van der Waals surface area contributed by atoms with E-state index in [9.17, 15) is 8.78 Å². The van der Waals surface area contributed by atoms with Crippen molar-refractivity contribution in [2.75, 3.05) is 6.61 Å². The van der Waals surface area contributed by atoms with Crippen LogP contribution in [0.25, 0.3) is 11.4 Å². The molecule has 1 aromatic heterocycles. The van der Waals surface area contributed by atoms with Crippen LogP contribution in [0.1, 0.15) is 109 Å². The van der Waals surface area contributed by atoms with Gasteiger partial charge in [-0.1, -0.05) is 84.5 Å². The maximum absolute atomic E-state index is 14.0. The standard InChI is InChI=1S/C30H46F2N2O/c1-3-5-7-8-9-10-11-12-13-14-15-25-22-33-30(34-23-25)26-17-19-29(20-18-26)35-24-28(32)21-27(31)16-6-4-2/h17-20,22-23,27-28H,3-16,21,24H2,1-2H3. The molecule has 0 aliphatic heterocycles. The molecule has 1 aromatic carbocycles. The zero-order chi connectivity index (χ0) is 25.1. The largest absolute Gasteiger partial charge is 0.491 e. The second-order valence-corrected chi connectivity index (χ2v) is 9.75. The third kappa shape index (κ3) is 13.0. The quantitative estimate of drug-likeness (QED) is 0.174. The van der Waals surface area contributed by atoms with E-state index in [1.54, 1.807) is 12.1 Å². The summed E-state index contributed by atoms with van der Waals surface area (Å²) in [6, 6.07) is 7.32. The van der Waals surface area contributed by atoms with Gasteiger partial charge in [-0.05, 0) is 49.1 Å². The molecule has 0 aliphatic rings. The maximum Gasteiger partial charge on any atom is 0.159 e. The number of hydrogen-bond acceptors (Lipinski definition) is 3. The van der Waals surface area contributed by atoms with Crippen molar-refractivity contribution in [3.63, 3.8) is 0 Å². The van der Waals surface area contributed by atoms with Crippen molar-refractivity contribution in [3.8, 4) is 17.1 Å². The highest BCUT2D eigenvalue weighted by Crippen LogP contribution is 2.21. The van der Waals surface area contributed by atoms with Gasteiger partial charge in [-0.2, -0.15) is 0 Å². The molecule has 0 radical (unpaired) electrons. The number of aryl methyl sites for hydroxylation is 1. The molecule has 196 valence electrons. The van der Waals surface area contributed by atoms with Crippen molar-refractivity contribution in [2.24, 2.45) is 0 Å². The molecule has 0 spiro atoms. The molecule has 2 aromatic rings.